The first kappa shape index (κ1) is 13.3. The molecule has 3 heteroatoms. The van der Waals surface area contributed by atoms with Crippen molar-refractivity contribution in [3.63, 3.8) is 0 Å². The SMILES string of the molecule is Cl/C=C(/Cl)Cn1c(-c2ccccc2)cc2ccccc21. The van der Waals surface area contributed by atoms with Gasteiger partial charge in [-0.05, 0) is 17.7 Å². The van der Waals surface area contributed by atoms with Gasteiger partial charge >= 0.3 is 0 Å². The van der Waals surface area contributed by atoms with Crippen molar-refractivity contribution >= 4 is 34.1 Å². The number of fused-ring (bicyclic) bond motifs is 1. The molecule has 1 heterocycles. The van der Waals surface area contributed by atoms with E-state index in [1.807, 2.05) is 30.3 Å². The maximum absolute atomic E-state index is 6.12. The largest absolute Gasteiger partial charge is 0.335 e. The number of rotatable bonds is 3. The molecule has 0 spiro atoms. The highest BCUT2D eigenvalue weighted by Crippen LogP contribution is 2.29. The van der Waals surface area contributed by atoms with Gasteiger partial charge in [0.05, 0.1) is 6.54 Å². The Balaban J connectivity index is 2.23. The van der Waals surface area contributed by atoms with Crippen LogP contribution < -0.4 is 0 Å². The molecular formula is C17H13Cl2N. The molecule has 0 fully saturated rings. The van der Waals surface area contributed by atoms with Gasteiger partial charge in [-0.3, -0.25) is 0 Å². The number of benzene rings is 2. The van der Waals surface area contributed by atoms with Crippen LogP contribution in [0.1, 0.15) is 0 Å². The molecule has 1 aromatic heterocycles. The van der Waals surface area contributed by atoms with Crippen LogP contribution in [0.4, 0.5) is 0 Å². The quantitative estimate of drug-likeness (QED) is 0.591. The minimum Gasteiger partial charge on any atom is -0.335 e. The number of halogens is 2. The second kappa shape index (κ2) is 5.74. The van der Waals surface area contributed by atoms with Crippen molar-refractivity contribution < 1.29 is 0 Å². The summed E-state index contributed by atoms with van der Waals surface area (Å²) in [4.78, 5) is 0. The molecule has 1 nitrogen and oxygen atoms in total. The van der Waals surface area contributed by atoms with Gasteiger partial charge in [0.2, 0.25) is 0 Å². The highest BCUT2D eigenvalue weighted by molar-refractivity contribution is 6.36. The zero-order valence-corrected chi connectivity index (χ0v) is 12.3. The van der Waals surface area contributed by atoms with Crippen molar-refractivity contribution in [2.45, 2.75) is 6.54 Å². The average molecular weight is 302 g/mol. The zero-order chi connectivity index (χ0) is 13.9. The number of allylic oxidation sites excluding steroid dienone is 1. The normalized spacial score (nSPS) is 12.0. The molecule has 3 rings (SSSR count). The Bertz CT molecular complexity index is 757. The van der Waals surface area contributed by atoms with Gasteiger partial charge in [-0.1, -0.05) is 71.7 Å². The van der Waals surface area contributed by atoms with E-state index in [0.717, 1.165) is 11.2 Å². The van der Waals surface area contributed by atoms with E-state index in [1.165, 1.54) is 16.5 Å². The van der Waals surface area contributed by atoms with Crippen LogP contribution in [0.25, 0.3) is 22.2 Å². The summed E-state index contributed by atoms with van der Waals surface area (Å²) in [5.41, 5.74) is 4.89. The van der Waals surface area contributed by atoms with Gasteiger partial charge in [-0.15, -0.1) is 0 Å². The van der Waals surface area contributed by atoms with Gasteiger partial charge < -0.3 is 4.57 Å². The Kier molecular flexibility index (Phi) is 3.81. The van der Waals surface area contributed by atoms with Gasteiger partial charge in [0.15, 0.2) is 0 Å². The molecule has 3 aromatic rings. The predicted octanol–water partition coefficient (Wildman–Crippen LogP) is 5.63. The molecule has 0 aliphatic heterocycles. The fourth-order valence-electron chi connectivity index (χ4n) is 2.41. The maximum Gasteiger partial charge on any atom is 0.0598 e. The Hall–Kier alpha value is -1.70. The third-order valence-corrected chi connectivity index (χ3v) is 3.91. The molecule has 0 saturated heterocycles. The van der Waals surface area contributed by atoms with Gasteiger partial charge in [0.25, 0.3) is 0 Å². The molecule has 0 saturated carbocycles. The van der Waals surface area contributed by atoms with Crippen LogP contribution in [0.2, 0.25) is 0 Å². The molecule has 0 radical (unpaired) electrons. The fourth-order valence-corrected chi connectivity index (χ4v) is 2.60. The Morgan fingerprint density at radius 3 is 2.45 bits per heavy atom. The topological polar surface area (TPSA) is 4.93 Å². The Labute approximate surface area is 128 Å². The van der Waals surface area contributed by atoms with Crippen molar-refractivity contribution in [1.29, 1.82) is 0 Å². The van der Waals surface area contributed by atoms with Gasteiger partial charge in [-0.2, -0.15) is 0 Å². The third kappa shape index (κ3) is 2.47. The van der Waals surface area contributed by atoms with E-state index in [1.54, 1.807) is 0 Å². The number of hydrogen-bond donors (Lipinski definition) is 0. The molecule has 0 atom stereocenters. The minimum atomic E-state index is 0.572. The van der Waals surface area contributed by atoms with Crippen LogP contribution in [0, 0.1) is 0 Å². The molecule has 0 aliphatic rings. The van der Waals surface area contributed by atoms with E-state index in [9.17, 15) is 0 Å². The van der Waals surface area contributed by atoms with Crippen molar-refractivity contribution in [1.82, 2.24) is 4.57 Å². The molecule has 0 unspecified atom stereocenters. The highest BCUT2D eigenvalue weighted by atomic mass is 35.5. The predicted molar refractivity (Wildman–Crippen MR) is 87.2 cm³/mol. The number of aromatic nitrogens is 1. The smallest absolute Gasteiger partial charge is 0.0598 e. The molecule has 0 bridgehead atoms. The third-order valence-electron chi connectivity index (χ3n) is 3.31. The molecule has 0 amide bonds. The van der Waals surface area contributed by atoms with Crippen LogP contribution in [0.3, 0.4) is 0 Å². The van der Waals surface area contributed by atoms with Crippen molar-refractivity contribution in [2.24, 2.45) is 0 Å². The van der Waals surface area contributed by atoms with Gasteiger partial charge in [-0.25, -0.2) is 0 Å². The molecule has 2 aromatic carbocycles. The first-order valence-electron chi connectivity index (χ1n) is 6.38. The highest BCUT2D eigenvalue weighted by Gasteiger charge is 2.10. The summed E-state index contributed by atoms with van der Waals surface area (Å²) in [5, 5.41) is 1.82. The van der Waals surface area contributed by atoms with E-state index in [0.29, 0.717) is 11.6 Å². The zero-order valence-electron chi connectivity index (χ0n) is 10.8. The number of hydrogen-bond acceptors (Lipinski definition) is 0. The average Bonchev–Trinajstić information content (AvgIpc) is 2.87. The lowest BCUT2D eigenvalue weighted by Crippen LogP contribution is -1.99. The van der Waals surface area contributed by atoms with E-state index in [4.69, 9.17) is 23.2 Å². The lowest BCUT2D eigenvalue weighted by Gasteiger charge is -2.10. The van der Waals surface area contributed by atoms with Gasteiger partial charge in [0.1, 0.15) is 0 Å². The number of nitrogens with zero attached hydrogens (tertiary/aromatic N) is 1. The fraction of sp³-hybridized carbons (Fsp3) is 0.0588. The van der Waals surface area contributed by atoms with Crippen molar-refractivity contribution in [2.75, 3.05) is 0 Å². The summed E-state index contributed by atoms with van der Waals surface area (Å²) in [5.74, 6) is 0. The summed E-state index contributed by atoms with van der Waals surface area (Å²) in [6.07, 6.45) is 0. The second-order valence-electron chi connectivity index (χ2n) is 4.60. The van der Waals surface area contributed by atoms with Crippen LogP contribution in [-0.4, -0.2) is 4.57 Å². The molecule has 0 N–H and O–H groups in total. The lowest BCUT2D eigenvalue weighted by molar-refractivity contribution is 0.861. The maximum atomic E-state index is 6.12. The van der Waals surface area contributed by atoms with Crippen LogP contribution in [0.15, 0.2) is 71.2 Å². The monoisotopic (exact) mass is 301 g/mol. The van der Waals surface area contributed by atoms with Crippen molar-refractivity contribution in [3.05, 3.63) is 71.2 Å². The van der Waals surface area contributed by atoms with Crippen molar-refractivity contribution in [3.8, 4) is 11.3 Å². The van der Waals surface area contributed by atoms with Gasteiger partial charge in [0, 0.05) is 27.2 Å². The summed E-state index contributed by atoms with van der Waals surface area (Å²) < 4.78 is 2.19. The van der Waals surface area contributed by atoms with Crippen LogP contribution in [-0.2, 0) is 6.54 Å². The van der Waals surface area contributed by atoms with E-state index < -0.39 is 0 Å². The van der Waals surface area contributed by atoms with E-state index in [2.05, 4.69) is 34.9 Å². The summed E-state index contributed by atoms with van der Waals surface area (Å²) in [6.45, 7) is 0.572. The Morgan fingerprint density at radius 1 is 1.00 bits per heavy atom. The first-order valence-corrected chi connectivity index (χ1v) is 7.19. The van der Waals surface area contributed by atoms with E-state index in [-0.39, 0.29) is 0 Å². The number of para-hydroxylation sites is 1. The molecule has 20 heavy (non-hydrogen) atoms. The first-order chi connectivity index (χ1) is 9.79. The lowest BCUT2D eigenvalue weighted by atomic mass is 10.1. The van der Waals surface area contributed by atoms with Crippen LogP contribution in [0.5, 0.6) is 0 Å². The summed E-state index contributed by atoms with van der Waals surface area (Å²) >= 11 is 11.8. The summed E-state index contributed by atoms with van der Waals surface area (Å²) in [6, 6.07) is 20.8. The van der Waals surface area contributed by atoms with Crippen LogP contribution >= 0.6 is 23.2 Å². The minimum absolute atomic E-state index is 0.572. The Morgan fingerprint density at radius 2 is 1.70 bits per heavy atom. The molecule has 0 aliphatic carbocycles. The van der Waals surface area contributed by atoms with E-state index >= 15 is 0 Å². The molecule has 100 valence electrons. The standard InChI is InChI=1S/C17H13Cl2N/c18-11-15(19)12-20-16-9-5-4-8-14(16)10-17(20)13-6-2-1-3-7-13/h1-11H,12H2/b15-11+. The second-order valence-corrected chi connectivity index (χ2v) is 5.30. The summed E-state index contributed by atoms with van der Waals surface area (Å²) in [7, 11) is 0. The molecular weight excluding hydrogens is 289 g/mol.